The summed E-state index contributed by atoms with van der Waals surface area (Å²) in [5.74, 6) is 0.295. The van der Waals surface area contributed by atoms with Crippen molar-refractivity contribution in [2.75, 3.05) is 19.7 Å². The van der Waals surface area contributed by atoms with E-state index < -0.39 is 0 Å². The van der Waals surface area contributed by atoms with E-state index >= 15 is 0 Å². The lowest BCUT2D eigenvalue weighted by Crippen LogP contribution is -2.39. The molecule has 2 fully saturated rings. The van der Waals surface area contributed by atoms with Gasteiger partial charge in [0, 0.05) is 18.6 Å². The highest BCUT2D eigenvalue weighted by Gasteiger charge is 2.33. The monoisotopic (exact) mass is 333 g/mol. The maximum atomic E-state index is 13.3. The van der Waals surface area contributed by atoms with Crippen LogP contribution in [0.1, 0.15) is 50.5 Å². The number of ether oxygens (including phenoxy) is 1. The molecule has 3 rings (SSSR count). The largest absolute Gasteiger partial charge is 0.376 e. The van der Waals surface area contributed by atoms with Gasteiger partial charge in [0.2, 0.25) is 0 Å². The minimum atomic E-state index is -0.189. The third kappa shape index (κ3) is 4.26. The molecule has 1 unspecified atom stereocenters. The van der Waals surface area contributed by atoms with Gasteiger partial charge in [-0.3, -0.25) is 4.99 Å². The molecule has 1 heterocycles. The average Bonchev–Trinajstić information content (AvgIpc) is 3.13. The Bertz CT molecular complexity index is 546. The highest BCUT2D eigenvalue weighted by molar-refractivity contribution is 5.77. The highest BCUT2D eigenvalue weighted by atomic mass is 19.1. The third-order valence-electron chi connectivity index (χ3n) is 5.35. The van der Waals surface area contributed by atoms with Crippen molar-refractivity contribution in [1.82, 2.24) is 5.32 Å². The van der Waals surface area contributed by atoms with E-state index in [-0.39, 0.29) is 17.3 Å². The van der Waals surface area contributed by atoms with Crippen molar-refractivity contribution >= 4 is 5.96 Å². The van der Waals surface area contributed by atoms with Gasteiger partial charge in [0.1, 0.15) is 5.82 Å². The number of aliphatic imine (C=N–C) groups is 1. The van der Waals surface area contributed by atoms with Crippen molar-refractivity contribution in [1.29, 1.82) is 0 Å². The molecule has 0 bridgehead atoms. The number of halogens is 1. The minimum Gasteiger partial charge on any atom is -0.376 e. The predicted molar refractivity (Wildman–Crippen MR) is 94.6 cm³/mol. The zero-order valence-corrected chi connectivity index (χ0v) is 14.3. The summed E-state index contributed by atoms with van der Waals surface area (Å²) in [4.78, 5) is 4.61. The smallest absolute Gasteiger partial charge is 0.188 e. The van der Waals surface area contributed by atoms with E-state index in [1.165, 1.54) is 24.8 Å². The molecule has 1 saturated carbocycles. The number of benzene rings is 1. The fourth-order valence-electron chi connectivity index (χ4n) is 3.89. The Hall–Kier alpha value is -1.62. The molecule has 0 spiro atoms. The Morgan fingerprint density at radius 1 is 1.21 bits per heavy atom. The number of guanidine groups is 1. The van der Waals surface area contributed by atoms with Gasteiger partial charge in [0.15, 0.2) is 5.96 Å². The van der Waals surface area contributed by atoms with Crippen LogP contribution in [0.5, 0.6) is 0 Å². The van der Waals surface area contributed by atoms with Gasteiger partial charge >= 0.3 is 0 Å². The average molecular weight is 333 g/mol. The predicted octanol–water partition coefficient (Wildman–Crippen LogP) is 3.11. The first-order chi connectivity index (χ1) is 11.7. The summed E-state index contributed by atoms with van der Waals surface area (Å²) in [6.07, 6.45) is 8.27. The van der Waals surface area contributed by atoms with E-state index in [0.717, 1.165) is 38.8 Å². The van der Waals surface area contributed by atoms with E-state index in [1.54, 1.807) is 12.1 Å². The Balaban J connectivity index is 1.65. The molecule has 1 saturated heterocycles. The van der Waals surface area contributed by atoms with E-state index in [0.29, 0.717) is 12.5 Å². The number of nitrogens with one attached hydrogen (secondary N) is 1. The van der Waals surface area contributed by atoms with Crippen LogP contribution in [0, 0.1) is 5.82 Å². The maximum absolute atomic E-state index is 13.3. The standard InChI is InChI=1S/C19H28FN3O/c20-16-8-6-15(7-9-16)19(10-2-1-3-11-19)14-23-18(21)22-13-17-5-4-12-24-17/h6-9,17H,1-5,10-14H2,(H3,21,22,23). The maximum Gasteiger partial charge on any atom is 0.188 e. The summed E-state index contributed by atoms with van der Waals surface area (Å²) < 4.78 is 18.9. The zero-order chi connectivity index (χ0) is 16.8. The van der Waals surface area contributed by atoms with Crippen LogP contribution in [0.4, 0.5) is 4.39 Å². The number of nitrogens with two attached hydrogens (primary N) is 1. The molecule has 1 aromatic carbocycles. The molecule has 1 aliphatic carbocycles. The van der Waals surface area contributed by atoms with Gasteiger partial charge in [-0.15, -0.1) is 0 Å². The van der Waals surface area contributed by atoms with Crippen molar-refractivity contribution < 1.29 is 9.13 Å². The summed E-state index contributed by atoms with van der Waals surface area (Å²) in [5.41, 5.74) is 7.22. The Kier molecular flexibility index (Phi) is 5.72. The SMILES string of the molecule is NC(=NCC1(c2ccc(F)cc2)CCCCC1)NCC1CCCO1. The van der Waals surface area contributed by atoms with Crippen LogP contribution in [-0.4, -0.2) is 31.8 Å². The van der Waals surface area contributed by atoms with Crippen LogP contribution >= 0.6 is 0 Å². The van der Waals surface area contributed by atoms with Crippen LogP contribution in [0.2, 0.25) is 0 Å². The highest BCUT2D eigenvalue weighted by Crippen LogP contribution is 2.39. The molecule has 0 radical (unpaired) electrons. The van der Waals surface area contributed by atoms with Gasteiger partial charge in [-0.2, -0.15) is 0 Å². The van der Waals surface area contributed by atoms with Crippen molar-refractivity contribution in [2.24, 2.45) is 10.7 Å². The number of nitrogens with zero attached hydrogens (tertiary/aromatic N) is 1. The molecule has 0 amide bonds. The third-order valence-corrected chi connectivity index (χ3v) is 5.35. The lowest BCUT2D eigenvalue weighted by Gasteiger charge is -2.36. The fourth-order valence-corrected chi connectivity index (χ4v) is 3.89. The molecule has 1 aliphatic heterocycles. The second-order valence-corrected chi connectivity index (χ2v) is 7.07. The van der Waals surface area contributed by atoms with Crippen LogP contribution in [-0.2, 0) is 10.2 Å². The Morgan fingerprint density at radius 3 is 2.62 bits per heavy atom. The molecule has 2 aliphatic rings. The molecule has 1 atom stereocenters. The van der Waals surface area contributed by atoms with Gasteiger partial charge in [-0.1, -0.05) is 31.4 Å². The number of rotatable bonds is 5. The lowest BCUT2D eigenvalue weighted by molar-refractivity contribution is 0.114. The summed E-state index contributed by atoms with van der Waals surface area (Å²) in [7, 11) is 0. The van der Waals surface area contributed by atoms with E-state index in [1.807, 2.05) is 12.1 Å². The van der Waals surface area contributed by atoms with Gasteiger partial charge in [-0.25, -0.2) is 4.39 Å². The van der Waals surface area contributed by atoms with Crippen molar-refractivity contribution in [3.8, 4) is 0 Å². The van der Waals surface area contributed by atoms with Crippen LogP contribution < -0.4 is 11.1 Å². The van der Waals surface area contributed by atoms with E-state index in [9.17, 15) is 4.39 Å². The Morgan fingerprint density at radius 2 is 1.96 bits per heavy atom. The van der Waals surface area contributed by atoms with Crippen LogP contribution in [0.25, 0.3) is 0 Å². The van der Waals surface area contributed by atoms with Gasteiger partial charge in [-0.05, 0) is 43.4 Å². The van der Waals surface area contributed by atoms with E-state index in [2.05, 4.69) is 10.3 Å². The quantitative estimate of drug-likeness (QED) is 0.643. The molecule has 24 heavy (non-hydrogen) atoms. The first kappa shape index (κ1) is 17.2. The first-order valence-electron chi connectivity index (χ1n) is 9.09. The molecule has 132 valence electrons. The topological polar surface area (TPSA) is 59.6 Å². The number of hydrogen-bond acceptors (Lipinski definition) is 2. The summed E-state index contributed by atoms with van der Waals surface area (Å²) >= 11 is 0. The van der Waals surface area contributed by atoms with Gasteiger partial charge in [0.05, 0.1) is 12.6 Å². The molecule has 1 aromatic rings. The van der Waals surface area contributed by atoms with Crippen molar-refractivity contribution in [2.45, 2.75) is 56.5 Å². The number of hydrogen-bond donors (Lipinski definition) is 2. The summed E-state index contributed by atoms with van der Waals surface area (Å²) in [6, 6.07) is 6.92. The first-order valence-corrected chi connectivity index (χ1v) is 9.09. The van der Waals surface area contributed by atoms with Gasteiger partial charge < -0.3 is 15.8 Å². The molecule has 5 heteroatoms. The van der Waals surface area contributed by atoms with Gasteiger partial charge in [0.25, 0.3) is 0 Å². The lowest BCUT2D eigenvalue weighted by atomic mass is 9.69. The molecular formula is C19H28FN3O. The summed E-state index contributed by atoms with van der Waals surface area (Å²) in [5, 5.41) is 3.18. The van der Waals surface area contributed by atoms with E-state index in [4.69, 9.17) is 10.5 Å². The van der Waals surface area contributed by atoms with Crippen molar-refractivity contribution in [3.05, 3.63) is 35.6 Å². The van der Waals surface area contributed by atoms with Crippen molar-refractivity contribution in [3.63, 3.8) is 0 Å². The van der Waals surface area contributed by atoms with Crippen LogP contribution in [0.3, 0.4) is 0 Å². The molecule has 0 aromatic heterocycles. The molecule has 3 N–H and O–H groups in total. The molecule has 4 nitrogen and oxygen atoms in total. The normalized spacial score (nSPS) is 24.0. The Labute approximate surface area is 143 Å². The molecular weight excluding hydrogens is 305 g/mol. The second-order valence-electron chi connectivity index (χ2n) is 7.07. The zero-order valence-electron chi connectivity index (χ0n) is 14.3. The second kappa shape index (κ2) is 7.97. The summed E-state index contributed by atoms with van der Waals surface area (Å²) in [6.45, 7) is 2.22. The minimum absolute atomic E-state index is 0.0118. The van der Waals surface area contributed by atoms with Crippen LogP contribution in [0.15, 0.2) is 29.3 Å². The fraction of sp³-hybridized carbons (Fsp3) is 0.632.